The van der Waals surface area contributed by atoms with Crippen LogP contribution in [0.4, 0.5) is 5.69 Å². The van der Waals surface area contributed by atoms with Gasteiger partial charge in [-0.15, -0.1) is 0 Å². The van der Waals surface area contributed by atoms with Gasteiger partial charge in [-0.2, -0.15) is 0 Å². The van der Waals surface area contributed by atoms with Crippen LogP contribution in [0.15, 0.2) is 18.2 Å². The van der Waals surface area contributed by atoms with Gasteiger partial charge >= 0.3 is 0 Å². The Morgan fingerprint density at radius 3 is 2.76 bits per heavy atom. The molecule has 1 aromatic carbocycles. The third-order valence-corrected chi connectivity index (χ3v) is 2.67. The molecule has 4 nitrogen and oxygen atoms in total. The van der Waals surface area contributed by atoms with E-state index in [9.17, 15) is 4.79 Å². The number of likely N-dealkylation sites (N-methyl/N-ethyl adjacent to an activating group) is 1. The minimum atomic E-state index is -0.0363. The van der Waals surface area contributed by atoms with E-state index in [0.717, 1.165) is 5.56 Å². The van der Waals surface area contributed by atoms with Gasteiger partial charge in [0.25, 0.3) is 5.91 Å². The van der Waals surface area contributed by atoms with Crippen molar-refractivity contribution in [3.8, 4) is 0 Å². The predicted octanol–water partition coefficient (Wildman–Crippen LogP) is 1.69. The maximum absolute atomic E-state index is 12.2. The van der Waals surface area contributed by atoms with Gasteiger partial charge in [0.2, 0.25) is 0 Å². The van der Waals surface area contributed by atoms with E-state index in [-0.39, 0.29) is 5.91 Å². The number of ether oxygens (including phenoxy) is 1. The molecule has 1 rings (SSSR count). The molecule has 94 valence electrons. The number of carbonyl (C=O) groups excluding carboxylic acids is 1. The van der Waals surface area contributed by atoms with Crippen LogP contribution in [-0.4, -0.2) is 37.6 Å². The zero-order valence-electron chi connectivity index (χ0n) is 10.7. The molecule has 17 heavy (non-hydrogen) atoms. The minimum Gasteiger partial charge on any atom is -0.398 e. The number of nitrogens with two attached hydrogens (primary N) is 1. The molecule has 0 radical (unpaired) electrons. The first-order valence-corrected chi connectivity index (χ1v) is 5.74. The Balaban J connectivity index is 2.89. The fraction of sp³-hybridized carbons (Fsp3) is 0.462. The normalized spacial score (nSPS) is 10.3. The minimum absolute atomic E-state index is 0.0363. The second-order valence-corrected chi connectivity index (χ2v) is 3.97. The van der Waals surface area contributed by atoms with Crippen molar-refractivity contribution in [2.75, 3.05) is 32.5 Å². The average Bonchev–Trinajstić information content (AvgIpc) is 2.33. The molecule has 0 aliphatic carbocycles. The lowest BCUT2D eigenvalue weighted by Gasteiger charge is -2.21. The summed E-state index contributed by atoms with van der Waals surface area (Å²) in [6.45, 7) is 5.65. The van der Waals surface area contributed by atoms with Gasteiger partial charge in [0, 0.05) is 25.9 Å². The van der Waals surface area contributed by atoms with Gasteiger partial charge in [0.1, 0.15) is 0 Å². The number of hydrogen-bond donors (Lipinski definition) is 1. The number of hydrogen-bond acceptors (Lipinski definition) is 3. The predicted molar refractivity (Wildman–Crippen MR) is 69.0 cm³/mol. The van der Waals surface area contributed by atoms with Crippen molar-refractivity contribution in [3.63, 3.8) is 0 Å². The van der Waals surface area contributed by atoms with Crippen LogP contribution in [0.3, 0.4) is 0 Å². The highest BCUT2D eigenvalue weighted by atomic mass is 16.5. The average molecular weight is 236 g/mol. The lowest BCUT2D eigenvalue weighted by molar-refractivity contribution is 0.0707. The molecule has 0 spiro atoms. The molecule has 0 bridgehead atoms. The fourth-order valence-corrected chi connectivity index (χ4v) is 1.63. The Bertz CT molecular complexity index is 391. The summed E-state index contributed by atoms with van der Waals surface area (Å²) in [5.74, 6) is -0.0363. The fourth-order valence-electron chi connectivity index (χ4n) is 1.63. The second-order valence-electron chi connectivity index (χ2n) is 3.97. The number of anilines is 1. The SMILES string of the molecule is CCN(CCOC)C(=O)c1cc(C)ccc1N. The van der Waals surface area contributed by atoms with Crippen LogP contribution < -0.4 is 5.73 Å². The molecule has 0 saturated carbocycles. The number of rotatable bonds is 5. The highest BCUT2D eigenvalue weighted by molar-refractivity contribution is 5.99. The molecule has 1 amide bonds. The summed E-state index contributed by atoms with van der Waals surface area (Å²) in [5.41, 5.74) is 7.96. The summed E-state index contributed by atoms with van der Waals surface area (Å²) in [6.07, 6.45) is 0. The summed E-state index contributed by atoms with van der Waals surface area (Å²) >= 11 is 0. The number of methoxy groups -OCH3 is 1. The smallest absolute Gasteiger partial charge is 0.256 e. The first-order valence-electron chi connectivity index (χ1n) is 5.74. The van der Waals surface area contributed by atoms with E-state index in [1.807, 2.05) is 26.0 Å². The monoisotopic (exact) mass is 236 g/mol. The standard InChI is InChI=1S/C13H20N2O2/c1-4-15(7-8-17-3)13(16)11-9-10(2)5-6-12(11)14/h5-6,9H,4,7-8,14H2,1-3H3. The number of nitrogens with zero attached hydrogens (tertiary/aromatic N) is 1. The molecule has 1 aromatic rings. The van der Waals surface area contributed by atoms with E-state index >= 15 is 0 Å². The van der Waals surface area contributed by atoms with Crippen molar-refractivity contribution in [1.82, 2.24) is 4.90 Å². The van der Waals surface area contributed by atoms with Crippen molar-refractivity contribution in [1.29, 1.82) is 0 Å². The quantitative estimate of drug-likeness (QED) is 0.791. The van der Waals surface area contributed by atoms with Crippen LogP contribution in [0.5, 0.6) is 0 Å². The maximum Gasteiger partial charge on any atom is 0.256 e. The largest absolute Gasteiger partial charge is 0.398 e. The topological polar surface area (TPSA) is 55.6 Å². The van der Waals surface area contributed by atoms with Gasteiger partial charge in [-0.1, -0.05) is 11.6 Å². The van der Waals surface area contributed by atoms with Crippen molar-refractivity contribution in [2.45, 2.75) is 13.8 Å². The molecular weight excluding hydrogens is 216 g/mol. The van der Waals surface area contributed by atoms with E-state index in [1.54, 1.807) is 18.1 Å². The Hall–Kier alpha value is -1.55. The van der Waals surface area contributed by atoms with Crippen molar-refractivity contribution >= 4 is 11.6 Å². The van der Waals surface area contributed by atoms with E-state index in [1.165, 1.54) is 0 Å². The van der Waals surface area contributed by atoms with Crippen LogP contribution in [0, 0.1) is 6.92 Å². The molecule has 0 saturated heterocycles. The lowest BCUT2D eigenvalue weighted by atomic mass is 10.1. The summed E-state index contributed by atoms with van der Waals surface area (Å²) in [4.78, 5) is 14.0. The van der Waals surface area contributed by atoms with Crippen LogP contribution in [-0.2, 0) is 4.74 Å². The molecule has 0 heterocycles. The molecule has 0 aliphatic rings. The molecule has 0 aliphatic heterocycles. The van der Waals surface area contributed by atoms with E-state index < -0.39 is 0 Å². The van der Waals surface area contributed by atoms with Gasteiger partial charge in [0.05, 0.1) is 12.2 Å². The Morgan fingerprint density at radius 1 is 1.47 bits per heavy atom. The number of benzene rings is 1. The molecule has 0 atom stereocenters. The van der Waals surface area contributed by atoms with Crippen LogP contribution >= 0.6 is 0 Å². The Kier molecular flexibility index (Phi) is 4.97. The van der Waals surface area contributed by atoms with E-state index in [4.69, 9.17) is 10.5 Å². The number of nitrogen functional groups attached to an aromatic ring is 1. The van der Waals surface area contributed by atoms with Crippen LogP contribution in [0.25, 0.3) is 0 Å². The van der Waals surface area contributed by atoms with Gasteiger partial charge in [-0.05, 0) is 26.0 Å². The highest BCUT2D eigenvalue weighted by Gasteiger charge is 2.16. The third kappa shape index (κ3) is 3.46. The highest BCUT2D eigenvalue weighted by Crippen LogP contribution is 2.16. The Labute approximate surface area is 102 Å². The molecule has 4 heteroatoms. The lowest BCUT2D eigenvalue weighted by Crippen LogP contribution is -2.34. The molecule has 0 unspecified atom stereocenters. The summed E-state index contributed by atoms with van der Waals surface area (Å²) < 4.78 is 4.99. The zero-order chi connectivity index (χ0) is 12.8. The van der Waals surface area contributed by atoms with Gasteiger partial charge in [0.15, 0.2) is 0 Å². The summed E-state index contributed by atoms with van der Waals surface area (Å²) in [5, 5.41) is 0. The third-order valence-electron chi connectivity index (χ3n) is 2.67. The molecule has 2 N–H and O–H groups in total. The van der Waals surface area contributed by atoms with Crippen LogP contribution in [0.1, 0.15) is 22.8 Å². The number of aryl methyl sites for hydroxylation is 1. The molecule has 0 aromatic heterocycles. The van der Waals surface area contributed by atoms with Crippen molar-refractivity contribution in [2.24, 2.45) is 0 Å². The van der Waals surface area contributed by atoms with Crippen LogP contribution in [0.2, 0.25) is 0 Å². The van der Waals surface area contributed by atoms with E-state index in [0.29, 0.717) is 30.9 Å². The van der Waals surface area contributed by atoms with Crippen molar-refractivity contribution < 1.29 is 9.53 Å². The van der Waals surface area contributed by atoms with Crippen molar-refractivity contribution in [3.05, 3.63) is 29.3 Å². The van der Waals surface area contributed by atoms with E-state index in [2.05, 4.69) is 0 Å². The number of amides is 1. The van der Waals surface area contributed by atoms with Gasteiger partial charge < -0.3 is 15.4 Å². The maximum atomic E-state index is 12.2. The second kappa shape index (κ2) is 6.25. The summed E-state index contributed by atoms with van der Waals surface area (Å²) in [6, 6.07) is 5.50. The number of carbonyl (C=O) groups is 1. The Morgan fingerprint density at radius 2 is 2.18 bits per heavy atom. The first-order chi connectivity index (χ1) is 8.10. The first kappa shape index (κ1) is 13.5. The van der Waals surface area contributed by atoms with Gasteiger partial charge in [-0.3, -0.25) is 4.79 Å². The molecule has 0 fully saturated rings. The zero-order valence-corrected chi connectivity index (χ0v) is 10.7. The van der Waals surface area contributed by atoms with Gasteiger partial charge in [-0.25, -0.2) is 0 Å². The summed E-state index contributed by atoms with van der Waals surface area (Å²) in [7, 11) is 1.62. The molecular formula is C13H20N2O2.